The molecule has 0 unspecified atom stereocenters. The van der Waals surface area contributed by atoms with Crippen LogP contribution >= 0.6 is 11.6 Å². The van der Waals surface area contributed by atoms with Gasteiger partial charge in [-0.15, -0.1) is 0 Å². The van der Waals surface area contributed by atoms with E-state index in [0.717, 1.165) is 21.3 Å². The monoisotopic (exact) mass is 416 g/mol. The van der Waals surface area contributed by atoms with Crippen LogP contribution in [0.15, 0.2) is 60.7 Å². The molecule has 3 aromatic rings. The molecule has 0 radical (unpaired) electrons. The Hall–Kier alpha value is -2.77. The lowest BCUT2D eigenvalue weighted by Gasteiger charge is -2.34. The van der Waals surface area contributed by atoms with Crippen molar-refractivity contribution in [3.05, 3.63) is 65.7 Å². The van der Waals surface area contributed by atoms with Gasteiger partial charge in [0.1, 0.15) is 5.75 Å². The zero-order valence-corrected chi connectivity index (χ0v) is 16.5. The topological polar surface area (TPSA) is 75.7 Å². The van der Waals surface area contributed by atoms with Crippen LogP contribution in [0, 0.1) is 0 Å². The first-order valence-corrected chi connectivity index (χ1v) is 10.8. The summed E-state index contributed by atoms with van der Waals surface area (Å²) < 4.78 is 31.4. The number of rotatable bonds is 3. The number of nitrogens with one attached hydrogen (secondary N) is 1. The van der Waals surface area contributed by atoms with Crippen LogP contribution in [0.2, 0.25) is 5.02 Å². The van der Waals surface area contributed by atoms with E-state index in [1.807, 2.05) is 36.4 Å². The van der Waals surface area contributed by atoms with E-state index in [9.17, 15) is 13.2 Å². The molecule has 144 valence electrons. The SMILES string of the molecule is CS(=O)(=O)N1C[C@H](C(=O)Nc2ccc3ccccc3c2)Oc2ccc(Cl)cc21. The van der Waals surface area contributed by atoms with E-state index in [4.69, 9.17) is 16.3 Å². The average molecular weight is 417 g/mol. The zero-order chi connectivity index (χ0) is 19.9. The Morgan fingerprint density at radius 3 is 2.61 bits per heavy atom. The van der Waals surface area contributed by atoms with Crippen molar-refractivity contribution in [3.8, 4) is 5.75 Å². The molecule has 1 amide bonds. The summed E-state index contributed by atoms with van der Waals surface area (Å²) in [6.45, 7) is -0.133. The van der Waals surface area contributed by atoms with E-state index in [1.165, 1.54) is 6.07 Å². The molecule has 0 saturated carbocycles. The number of halogens is 1. The number of hydrogen-bond donors (Lipinski definition) is 1. The van der Waals surface area contributed by atoms with E-state index in [2.05, 4.69) is 5.32 Å². The zero-order valence-electron chi connectivity index (χ0n) is 14.9. The van der Waals surface area contributed by atoms with Crippen LogP contribution in [0.25, 0.3) is 10.8 Å². The minimum absolute atomic E-state index is 0.133. The van der Waals surface area contributed by atoms with Gasteiger partial charge in [0.25, 0.3) is 5.91 Å². The van der Waals surface area contributed by atoms with Crippen molar-refractivity contribution in [3.63, 3.8) is 0 Å². The smallest absolute Gasteiger partial charge is 0.267 e. The Kier molecular flexibility index (Phi) is 4.64. The molecule has 0 saturated heterocycles. The lowest BCUT2D eigenvalue weighted by molar-refractivity contribution is -0.122. The van der Waals surface area contributed by atoms with Gasteiger partial charge in [0, 0.05) is 10.7 Å². The number of carbonyl (C=O) groups is 1. The third-order valence-corrected chi connectivity index (χ3v) is 5.88. The van der Waals surface area contributed by atoms with Crippen molar-refractivity contribution in [1.82, 2.24) is 0 Å². The molecule has 1 aliphatic heterocycles. The molecule has 1 heterocycles. The fourth-order valence-electron chi connectivity index (χ4n) is 3.16. The van der Waals surface area contributed by atoms with Gasteiger partial charge in [0.15, 0.2) is 6.10 Å². The summed E-state index contributed by atoms with van der Waals surface area (Å²) in [7, 11) is -3.61. The molecule has 0 bridgehead atoms. The van der Waals surface area contributed by atoms with Crippen molar-refractivity contribution in [2.24, 2.45) is 0 Å². The maximum atomic E-state index is 12.8. The van der Waals surface area contributed by atoms with Gasteiger partial charge >= 0.3 is 0 Å². The molecule has 3 aromatic carbocycles. The van der Waals surface area contributed by atoms with Gasteiger partial charge in [-0.05, 0) is 41.1 Å². The molecule has 1 atom stereocenters. The molecular weight excluding hydrogens is 400 g/mol. The molecule has 4 rings (SSSR count). The van der Waals surface area contributed by atoms with Gasteiger partial charge in [-0.2, -0.15) is 0 Å². The number of ether oxygens (including phenoxy) is 1. The van der Waals surface area contributed by atoms with Crippen molar-refractivity contribution in [1.29, 1.82) is 0 Å². The molecule has 0 spiro atoms. The standard InChI is InChI=1S/C20H17ClN2O4S/c1-28(25,26)23-12-19(27-18-9-7-15(21)11-17(18)23)20(24)22-16-8-6-13-4-2-3-5-14(13)10-16/h2-11,19H,12H2,1H3,(H,22,24)/t19-/m1/s1. The van der Waals surface area contributed by atoms with Crippen molar-refractivity contribution >= 4 is 49.7 Å². The van der Waals surface area contributed by atoms with Crippen LogP contribution in [-0.2, 0) is 14.8 Å². The second-order valence-corrected chi connectivity index (χ2v) is 8.91. The summed E-state index contributed by atoms with van der Waals surface area (Å²) in [4.78, 5) is 12.8. The summed E-state index contributed by atoms with van der Waals surface area (Å²) >= 11 is 5.99. The highest BCUT2D eigenvalue weighted by Gasteiger charge is 2.35. The van der Waals surface area contributed by atoms with Crippen molar-refractivity contribution < 1.29 is 17.9 Å². The normalized spacial score (nSPS) is 16.4. The molecule has 8 heteroatoms. The maximum Gasteiger partial charge on any atom is 0.267 e. The highest BCUT2D eigenvalue weighted by Crippen LogP contribution is 2.37. The fraction of sp³-hybridized carbons (Fsp3) is 0.150. The number of carbonyl (C=O) groups excluding carboxylic acids is 1. The van der Waals surface area contributed by atoms with E-state index >= 15 is 0 Å². The lowest BCUT2D eigenvalue weighted by atomic mass is 10.1. The third-order valence-electron chi connectivity index (χ3n) is 4.50. The number of fused-ring (bicyclic) bond motifs is 2. The predicted molar refractivity (Wildman–Crippen MR) is 111 cm³/mol. The minimum atomic E-state index is -3.61. The number of nitrogens with zero attached hydrogens (tertiary/aromatic N) is 1. The number of amides is 1. The number of benzene rings is 3. The van der Waals surface area contributed by atoms with Crippen LogP contribution in [0.1, 0.15) is 0 Å². The predicted octanol–water partition coefficient (Wildman–Crippen LogP) is 3.66. The lowest BCUT2D eigenvalue weighted by Crippen LogP contribution is -2.48. The van der Waals surface area contributed by atoms with Gasteiger partial charge in [0.05, 0.1) is 18.5 Å². The molecular formula is C20H17ClN2O4S. The summed E-state index contributed by atoms with van der Waals surface area (Å²) in [5.41, 5.74) is 0.935. The quantitative estimate of drug-likeness (QED) is 0.707. The second kappa shape index (κ2) is 7.00. The third kappa shape index (κ3) is 3.63. The number of hydrogen-bond acceptors (Lipinski definition) is 4. The molecule has 1 N–H and O–H groups in total. The molecule has 28 heavy (non-hydrogen) atoms. The molecule has 0 aromatic heterocycles. The van der Waals surface area contributed by atoms with E-state index < -0.39 is 22.0 Å². The van der Waals surface area contributed by atoms with Crippen LogP contribution in [0.3, 0.4) is 0 Å². The first kappa shape index (κ1) is 18.6. The Morgan fingerprint density at radius 1 is 1.11 bits per heavy atom. The van der Waals surface area contributed by atoms with E-state index in [-0.39, 0.29) is 6.54 Å². The van der Waals surface area contributed by atoms with Crippen LogP contribution in [-0.4, -0.2) is 33.2 Å². The molecule has 0 fully saturated rings. The highest BCUT2D eigenvalue weighted by atomic mass is 35.5. The Labute approximate surface area is 167 Å². The van der Waals surface area contributed by atoms with Crippen LogP contribution < -0.4 is 14.4 Å². The number of sulfonamides is 1. The van der Waals surface area contributed by atoms with Crippen LogP contribution in [0.5, 0.6) is 5.75 Å². The largest absolute Gasteiger partial charge is 0.476 e. The maximum absolute atomic E-state index is 12.8. The van der Waals surface area contributed by atoms with Crippen LogP contribution in [0.4, 0.5) is 11.4 Å². The first-order valence-electron chi connectivity index (χ1n) is 8.55. The van der Waals surface area contributed by atoms with Crippen molar-refractivity contribution in [2.75, 3.05) is 22.4 Å². The van der Waals surface area contributed by atoms with Gasteiger partial charge in [-0.1, -0.05) is 41.9 Å². The Bertz CT molecular complexity index is 1180. The first-order chi connectivity index (χ1) is 13.3. The molecule has 1 aliphatic rings. The molecule has 0 aliphatic carbocycles. The van der Waals surface area contributed by atoms with Crippen molar-refractivity contribution in [2.45, 2.75) is 6.10 Å². The summed E-state index contributed by atoms with van der Waals surface area (Å²) in [6.07, 6.45) is 0.0938. The second-order valence-electron chi connectivity index (χ2n) is 6.56. The van der Waals surface area contributed by atoms with Gasteiger partial charge in [0.2, 0.25) is 10.0 Å². The Morgan fingerprint density at radius 2 is 1.86 bits per heavy atom. The number of anilines is 2. The minimum Gasteiger partial charge on any atom is -0.476 e. The molecule has 6 nitrogen and oxygen atoms in total. The van der Waals surface area contributed by atoms with E-state index in [1.54, 1.807) is 18.2 Å². The van der Waals surface area contributed by atoms with Gasteiger partial charge < -0.3 is 10.1 Å². The summed E-state index contributed by atoms with van der Waals surface area (Å²) in [6, 6.07) is 18.0. The summed E-state index contributed by atoms with van der Waals surface area (Å²) in [5.74, 6) is -0.135. The highest BCUT2D eigenvalue weighted by molar-refractivity contribution is 7.92. The van der Waals surface area contributed by atoms with E-state index in [0.29, 0.717) is 22.1 Å². The fourth-order valence-corrected chi connectivity index (χ4v) is 4.24. The van der Waals surface area contributed by atoms with Gasteiger partial charge in [-0.3, -0.25) is 9.10 Å². The Balaban J connectivity index is 1.61. The van der Waals surface area contributed by atoms with Gasteiger partial charge in [-0.25, -0.2) is 8.42 Å². The average Bonchev–Trinajstić information content (AvgIpc) is 2.66. The summed E-state index contributed by atoms with van der Waals surface area (Å²) in [5, 5.41) is 5.24.